The van der Waals surface area contributed by atoms with Gasteiger partial charge in [0.15, 0.2) is 0 Å². The second kappa shape index (κ2) is 2.02. The van der Waals surface area contributed by atoms with Gasteiger partial charge in [0.2, 0.25) is 0 Å². The van der Waals surface area contributed by atoms with Crippen LogP contribution in [0.15, 0.2) is 23.8 Å². The van der Waals surface area contributed by atoms with Crippen molar-refractivity contribution < 1.29 is 0 Å². The van der Waals surface area contributed by atoms with Crippen molar-refractivity contribution in [2.45, 2.75) is 27.2 Å². The average molecular weight is 122 g/mol. The summed E-state index contributed by atoms with van der Waals surface area (Å²) in [6.45, 7) is 6.66. The van der Waals surface area contributed by atoms with Crippen LogP contribution in [0.5, 0.6) is 0 Å². The summed E-state index contributed by atoms with van der Waals surface area (Å²) in [5, 5.41) is 0. The normalized spacial score (nSPS) is 27.7. The van der Waals surface area contributed by atoms with E-state index in [1.807, 2.05) is 0 Å². The van der Waals surface area contributed by atoms with Crippen molar-refractivity contribution in [3.8, 4) is 0 Å². The Kier molecular flexibility index (Phi) is 1.48. The van der Waals surface area contributed by atoms with E-state index < -0.39 is 0 Å². The van der Waals surface area contributed by atoms with Gasteiger partial charge in [-0.05, 0) is 24.3 Å². The maximum absolute atomic E-state index is 2.28. The van der Waals surface area contributed by atoms with Gasteiger partial charge in [0.25, 0.3) is 0 Å². The van der Waals surface area contributed by atoms with Gasteiger partial charge in [0.05, 0.1) is 0 Å². The molecule has 0 amide bonds. The lowest BCUT2D eigenvalue weighted by atomic mass is 9.86. The Morgan fingerprint density at radius 3 is 2.44 bits per heavy atom. The summed E-state index contributed by atoms with van der Waals surface area (Å²) in [5.74, 6) is 0. The summed E-state index contributed by atoms with van der Waals surface area (Å²) in [5.41, 5.74) is 1.89. The average Bonchev–Trinajstić information content (AvgIpc) is 2.08. The lowest BCUT2D eigenvalue weighted by Gasteiger charge is -2.18. The van der Waals surface area contributed by atoms with Crippen LogP contribution in [0.3, 0.4) is 0 Å². The fourth-order valence-electron chi connectivity index (χ4n) is 1.31. The Morgan fingerprint density at radius 1 is 1.56 bits per heavy atom. The van der Waals surface area contributed by atoms with Crippen molar-refractivity contribution in [3.05, 3.63) is 23.8 Å². The summed E-state index contributed by atoms with van der Waals surface area (Å²) in [7, 11) is 0. The second-order valence-electron chi connectivity index (χ2n) is 3.23. The molecule has 0 fully saturated rings. The van der Waals surface area contributed by atoms with Crippen molar-refractivity contribution in [2.24, 2.45) is 5.41 Å². The van der Waals surface area contributed by atoms with Gasteiger partial charge in [-0.3, -0.25) is 0 Å². The molecule has 0 heterocycles. The van der Waals surface area contributed by atoms with Gasteiger partial charge in [0.1, 0.15) is 0 Å². The molecule has 0 aromatic carbocycles. The Hall–Kier alpha value is -0.520. The van der Waals surface area contributed by atoms with Gasteiger partial charge in [-0.15, -0.1) is 0 Å². The van der Waals surface area contributed by atoms with Crippen LogP contribution in [0.2, 0.25) is 0 Å². The van der Waals surface area contributed by atoms with Gasteiger partial charge in [-0.1, -0.05) is 32.1 Å². The molecule has 0 heteroatoms. The Labute approximate surface area is 57.3 Å². The molecule has 50 valence electrons. The zero-order chi connectivity index (χ0) is 6.91. The topological polar surface area (TPSA) is 0 Å². The van der Waals surface area contributed by atoms with Crippen LogP contribution in [0.4, 0.5) is 0 Å². The molecule has 0 N–H and O–H groups in total. The third-order valence-electron chi connectivity index (χ3n) is 2.02. The lowest BCUT2D eigenvalue weighted by molar-refractivity contribution is 0.483. The maximum atomic E-state index is 2.28. The van der Waals surface area contributed by atoms with E-state index in [-0.39, 0.29) is 0 Å². The zero-order valence-corrected chi connectivity index (χ0v) is 6.44. The van der Waals surface area contributed by atoms with Gasteiger partial charge in [0, 0.05) is 0 Å². The molecular weight excluding hydrogens is 108 g/mol. The highest BCUT2D eigenvalue weighted by Crippen LogP contribution is 2.36. The molecule has 9 heavy (non-hydrogen) atoms. The molecule has 0 aliphatic heterocycles. The molecule has 0 unspecified atom stereocenters. The van der Waals surface area contributed by atoms with Crippen LogP contribution in [-0.2, 0) is 0 Å². The summed E-state index contributed by atoms with van der Waals surface area (Å²) in [6, 6.07) is 0. The van der Waals surface area contributed by atoms with Crippen molar-refractivity contribution in [3.63, 3.8) is 0 Å². The van der Waals surface area contributed by atoms with Gasteiger partial charge in [-0.2, -0.15) is 0 Å². The van der Waals surface area contributed by atoms with Crippen LogP contribution in [-0.4, -0.2) is 0 Å². The minimum absolute atomic E-state index is 0.411. The van der Waals surface area contributed by atoms with E-state index in [1.54, 1.807) is 0 Å². The molecule has 0 aromatic heterocycles. The maximum Gasteiger partial charge on any atom is -0.00724 e. The van der Waals surface area contributed by atoms with Crippen LogP contribution in [0.1, 0.15) is 27.2 Å². The Bertz CT molecular complexity index is 159. The first-order valence-electron chi connectivity index (χ1n) is 3.50. The highest BCUT2D eigenvalue weighted by Gasteiger charge is 2.22. The first kappa shape index (κ1) is 6.60. The van der Waals surface area contributed by atoms with E-state index in [2.05, 4.69) is 39.0 Å². The summed E-state index contributed by atoms with van der Waals surface area (Å²) < 4.78 is 0. The molecule has 0 saturated carbocycles. The second-order valence-corrected chi connectivity index (χ2v) is 3.23. The van der Waals surface area contributed by atoms with Gasteiger partial charge >= 0.3 is 0 Å². The van der Waals surface area contributed by atoms with Crippen molar-refractivity contribution in [2.75, 3.05) is 0 Å². The smallest absolute Gasteiger partial charge is 0.00724 e. The standard InChI is InChI=1S/C9H14/c1-4-8-6-5-7-9(8,2)3/h4-6H,7H2,1-3H3/b8-4-. The third kappa shape index (κ3) is 1.07. The monoisotopic (exact) mass is 122 g/mol. The van der Waals surface area contributed by atoms with E-state index in [0.717, 1.165) is 0 Å². The molecule has 0 aromatic rings. The van der Waals surface area contributed by atoms with Crippen molar-refractivity contribution in [1.82, 2.24) is 0 Å². The Morgan fingerprint density at radius 2 is 2.22 bits per heavy atom. The predicted octanol–water partition coefficient (Wildman–Crippen LogP) is 2.92. The minimum Gasteiger partial charge on any atom is -0.0839 e. The van der Waals surface area contributed by atoms with Crippen LogP contribution in [0.25, 0.3) is 0 Å². The largest absolute Gasteiger partial charge is 0.0839 e. The lowest BCUT2D eigenvalue weighted by Crippen LogP contribution is -2.07. The first-order chi connectivity index (χ1) is 4.17. The van der Waals surface area contributed by atoms with E-state index >= 15 is 0 Å². The molecule has 1 rings (SSSR count). The molecule has 0 bridgehead atoms. The first-order valence-corrected chi connectivity index (χ1v) is 3.50. The molecule has 0 radical (unpaired) electrons. The van der Waals surface area contributed by atoms with Gasteiger partial charge < -0.3 is 0 Å². The quantitative estimate of drug-likeness (QED) is 0.463. The SMILES string of the molecule is C/C=C1/C=CCC1(C)C. The molecular formula is C9H14. The van der Waals surface area contributed by atoms with Crippen LogP contribution in [0, 0.1) is 5.41 Å². The van der Waals surface area contributed by atoms with E-state index in [4.69, 9.17) is 0 Å². The summed E-state index contributed by atoms with van der Waals surface area (Å²) in [4.78, 5) is 0. The number of allylic oxidation sites excluding steroid dienone is 4. The highest BCUT2D eigenvalue weighted by atomic mass is 14.3. The van der Waals surface area contributed by atoms with Crippen molar-refractivity contribution >= 4 is 0 Å². The third-order valence-corrected chi connectivity index (χ3v) is 2.02. The highest BCUT2D eigenvalue weighted by molar-refractivity contribution is 5.31. The van der Waals surface area contributed by atoms with Crippen LogP contribution < -0.4 is 0 Å². The summed E-state index contributed by atoms with van der Waals surface area (Å²) in [6.07, 6.45) is 7.87. The molecule has 0 spiro atoms. The summed E-state index contributed by atoms with van der Waals surface area (Å²) >= 11 is 0. The minimum atomic E-state index is 0.411. The zero-order valence-electron chi connectivity index (χ0n) is 6.44. The number of hydrogen-bond donors (Lipinski definition) is 0. The molecule has 1 aliphatic carbocycles. The predicted molar refractivity (Wildman–Crippen MR) is 41.3 cm³/mol. The molecule has 1 aliphatic rings. The Balaban J connectivity index is 2.85. The molecule has 0 nitrogen and oxygen atoms in total. The van der Waals surface area contributed by atoms with Crippen molar-refractivity contribution in [1.29, 1.82) is 0 Å². The molecule has 0 saturated heterocycles. The van der Waals surface area contributed by atoms with E-state index in [1.165, 1.54) is 12.0 Å². The fourth-order valence-corrected chi connectivity index (χ4v) is 1.31. The number of hydrogen-bond acceptors (Lipinski definition) is 0. The van der Waals surface area contributed by atoms with E-state index in [0.29, 0.717) is 5.41 Å². The van der Waals surface area contributed by atoms with Crippen LogP contribution >= 0.6 is 0 Å². The van der Waals surface area contributed by atoms with Gasteiger partial charge in [-0.25, -0.2) is 0 Å². The molecule has 0 atom stereocenters. The fraction of sp³-hybridized carbons (Fsp3) is 0.556. The van der Waals surface area contributed by atoms with E-state index in [9.17, 15) is 0 Å². The number of rotatable bonds is 0.